The highest BCUT2D eigenvalue weighted by atomic mass is 35.5. The molecule has 25 heavy (non-hydrogen) atoms. The third-order valence-corrected chi connectivity index (χ3v) is 4.47. The van der Waals surface area contributed by atoms with Gasteiger partial charge in [0.1, 0.15) is 5.82 Å². The van der Waals surface area contributed by atoms with Crippen molar-refractivity contribution < 1.29 is 0 Å². The zero-order valence-corrected chi connectivity index (χ0v) is 14.6. The van der Waals surface area contributed by atoms with Crippen molar-refractivity contribution in [3.05, 3.63) is 48.0 Å². The van der Waals surface area contributed by atoms with Gasteiger partial charge >= 0.3 is 0 Å². The quantitative estimate of drug-likeness (QED) is 0.718. The number of piperazine rings is 1. The molecular formula is C17H18ClN7. The zero-order chi connectivity index (χ0) is 17.2. The number of nitrogens with zero attached hydrogens (tertiary/aromatic N) is 7. The van der Waals surface area contributed by atoms with Crippen LogP contribution in [0.4, 0.5) is 11.8 Å². The molecule has 0 radical (unpaired) electrons. The van der Waals surface area contributed by atoms with Gasteiger partial charge in [0.15, 0.2) is 0 Å². The van der Waals surface area contributed by atoms with E-state index >= 15 is 0 Å². The van der Waals surface area contributed by atoms with E-state index < -0.39 is 0 Å². The van der Waals surface area contributed by atoms with Gasteiger partial charge in [-0.2, -0.15) is 5.10 Å². The normalized spacial score (nSPS) is 14.8. The number of hydrogen-bond acceptors (Lipinski definition) is 6. The van der Waals surface area contributed by atoms with Gasteiger partial charge in [-0.05, 0) is 18.2 Å². The highest BCUT2D eigenvalue weighted by molar-refractivity contribution is 6.30. The molecule has 4 heterocycles. The van der Waals surface area contributed by atoms with Gasteiger partial charge in [-0.25, -0.2) is 15.0 Å². The fourth-order valence-corrected chi connectivity index (χ4v) is 3.02. The molecule has 3 aromatic rings. The second-order valence-corrected chi connectivity index (χ2v) is 6.39. The van der Waals surface area contributed by atoms with Crippen LogP contribution in [-0.4, -0.2) is 50.9 Å². The molecule has 1 aliphatic rings. The van der Waals surface area contributed by atoms with Crippen molar-refractivity contribution in [1.82, 2.24) is 24.7 Å². The van der Waals surface area contributed by atoms with E-state index in [1.165, 1.54) is 0 Å². The maximum absolute atomic E-state index is 5.91. The molecule has 7 nitrogen and oxygen atoms in total. The van der Waals surface area contributed by atoms with Crippen molar-refractivity contribution in [3.63, 3.8) is 0 Å². The Morgan fingerprint density at radius 3 is 2.44 bits per heavy atom. The molecule has 0 atom stereocenters. The van der Waals surface area contributed by atoms with Crippen LogP contribution in [0.5, 0.6) is 0 Å². The fourth-order valence-electron chi connectivity index (χ4n) is 2.91. The third-order valence-electron chi connectivity index (χ3n) is 4.24. The van der Waals surface area contributed by atoms with Crippen LogP contribution in [0.3, 0.4) is 0 Å². The Morgan fingerprint density at radius 2 is 1.76 bits per heavy atom. The predicted molar refractivity (Wildman–Crippen MR) is 97.9 cm³/mol. The number of halogens is 1. The lowest BCUT2D eigenvalue weighted by molar-refractivity contribution is 0.635. The molecule has 0 bridgehead atoms. The van der Waals surface area contributed by atoms with Crippen molar-refractivity contribution >= 4 is 23.4 Å². The van der Waals surface area contributed by atoms with Gasteiger partial charge in [-0.15, -0.1) is 0 Å². The first-order valence-corrected chi connectivity index (χ1v) is 8.50. The Balaban J connectivity index is 1.46. The molecule has 4 rings (SSSR count). The molecule has 1 aliphatic heterocycles. The van der Waals surface area contributed by atoms with Gasteiger partial charge in [-0.3, -0.25) is 4.68 Å². The van der Waals surface area contributed by atoms with Crippen LogP contribution in [0.15, 0.2) is 43.0 Å². The van der Waals surface area contributed by atoms with E-state index in [2.05, 4.69) is 24.9 Å². The molecule has 0 saturated carbocycles. The van der Waals surface area contributed by atoms with Gasteiger partial charge < -0.3 is 9.80 Å². The molecular weight excluding hydrogens is 338 g/mol. The summed E-state index contributed by atoms with van der Waals surface area (Å²) in [6.45, 7) is 3.44. The van der Waals surface area contributed by atoms with E-state index in [0.717, 1.165) is 49.2 Å². The predicted octanol–water partition coefficient (Wildman–Crippen LogP) is 2.25. The number of aromatic nitrogens is 5. The number of rotatable bonds is 3. The summed E-state index contributed by atoms with van der Waals surface area (Å²) in [4.78, 5) is 18.0. The van der Waals surface area contributed by atoms with Gasteiger partial charge in [0.2, 0.25) is 5.95 Å². The average molecular weight is 356 g/mol. The monoisotopic (exact) mass is 355 g/mol. The van der Waals surface area contributed by atoms with Gasteiger partial charge in [0.05, 0.1) is 16.9 Å². The minimum atomic E-state index is 0.656. The summed E-state index contributed by atoms with van der Waals surface area (Å²) in [5, 5.41) is 4.86. The lowest BCUT2D eigenvalue weighted by atomic mass is 10.2. The molecule has 0 N–H and O–H groups in total. The largest absolute Gasteiger partial charge is 0.353 e. The molecule has 1 fully saturated rings. The molecule has 128 valence electrons. The Kier molecular flexibility index (Phi) is 4.23. The van der Waals surface area contributed by atoms with Crippen molar-refractivity contribution in [1.29, 1.82) is 0 Å². The van der Waals surface area contributed by atoms with Crippen LogP contribution in [0.2, 0.25) is 5.02 Å². The first-order valence-electron chi connectivity index (χ1n) is 8.12. The first kappa shape index (κ1) is 15.8. The average Bonchev–Trinajstić information content (AvgIpc) is 3.09. The van der Waals surface area contributed by atoms with Crippen LogP contribution < -0.4 is 9.80 Å². The van der Waals surface area contributed by atoms with Gasteiger partial charge in [0, 0.05) is 57.4 Å². The maximum Gasteiger partial charge on any atom is 0.225 e. The summed E-state index contributed by atoms with van der Waals surface area (Å²) in [7, 11) is 1.90. The zero-order valence-electron chi connectivity index (χ0n) is 13.9. The second-order valence-electron chi connectivity index (χ2n) is 5.95. The number of hydrogen-bond donors (Lipinski definition) is 0. The Bertz CT molecular complexity index is 853. The smallest absolute Gasteiger partial charge is 0.225 e. The molecule has 0 unspecified atom stereocenters. The number of pyridine rings is 1. The molecule has 1 saturated heterocycles. The summed E-state index contributed by atoms with van der Waals surface area (Å²) >= 11 is 5.91. The molecule has 8 heteroatoms. The Hall–Kier alpha value is -2.67. The summed E-state index contributed by atoms with van der Waals surface area (Å²) in [5.74, 6) is 1.71. The molecule has 0 aliphatic carbocycles. The Labute approximate surface area is 150 Å². The van der Waals surface area contributed by atoms with Crippen LogP contribution >= 0.6 is 11.6 Å². The first-order chi connectivity index (χ1) is 12.2. The maximum atomic E-state index is 5.91. The number of aryl methyl sites for hydroxylation is 1. The van der Waals surface area contributed by atoms with Crippen molar-refractivity contribution in [2.45, 2.75) is 0 Å². The van der Waals surface area contributed by atoms with Crippen molar-refractivity contribution in [2.75, 3.05) is 36.0 Å². The topological polar surface area (TPSA) is 63.0 Å². The van der Waals surface area contributed by atoms with Gasteiger partial charge in [0.25, 0.3) is 0 Å². The summed E-state index contributed by atoms with van der Waals surface area (Å²) in [5.41, 5.74) is 1.88. The molecule has 3 aromatic heterocycles. The summed E-state index contributed by atoms with van der Waals surface area (Å²) < 4.78 is 1.77. The summed E-state index contributed by atoms with van der Waals surface area (Å²) in [6.07, 6.45) is 7.26. The van der Waals surface area contributed by atoms with E-state index in [-0.39, 0.29) is 0 Å². The highest BCUT2D eigenvalue weighted by Gasteiger charge is 2.20. The van der Waals surface area contributed by atoms with E-state index in [0.29, 0.717) is 5.02 Å². The van der Waals surface area contributed by atoms with Crippen molar-refractivity contribution in [2.24, 2.45) is 7.05 Å². The van der Waals surface area contributed by atoms with Crippen molar-refractivity contribution in [3.8, 4) is 11.3 Å². The van der Waals surface area contributed by atoms with Crippen LogP contribution in [0.25, 0.3) is 11.3 Å². The minimum absolute atomic E-state index is 0.656. The second kappa shape index (κ2) is 6.68. The molecule has 0 spiro atoms. The summed E-state index contributed by atoms with van der Waals surface area (Å²) in [6, 6.07) is 5.74. The highest BCUT2D eigenvalue weighted by Crippen LogP contribution is 2.21. The number of anilines is 2. The lowest BCUT2D eigenvalue weighted by Gasteiger charge is -2.35. The third kappa shape index (κ3) is 3.41. The molecule has 0 amide bonds. The molecule has 0 aromatic carbocycles. The SMILES string of the molecule is Cn1cc(-c2ccnc(N3CCN(c4ccc(Cl)cn4)CC3)n2)cn1. The minimum Gasteiger partial charge on any atom is -0.353 e. The van der Waals surface area contributed by atoms with E-state index in [1.807, 2.05) is 37.6 Å². The lowest BCUT2D eigenvalue weighted by Crippen LogP contribution is -2.47. The fraction of sp³-hybridized carbons (Fsp3) is 0.294. The Morgan fingerprint density at radius 1 is 0.960 bits per heavy atom. The standard InChI is InChI=1S/C17H18ClN7/c1-23-12-13(10-21-23)15-4-5-19-17(22-15)25-8-6-24(7-9-25)16-3-2-14(18)11-20-16/h2-5,10-12H,6-9H2,1H3. The van der Waals surface area contributed by atoms with Gasteiger partial charge in [-0.1, -0.05) is 11.6 Å². The van der Waals surface area contributed by atoms with Crippen LogP contribution in [-0.2, 0) is 7.05 Å². The van der Waals surface area contributed by atoms with Crippen LogP contribution in [0, 0.1) is 0 Å². The van der Waals surface area contributed by atoms with E-state index in [4.69, 9.17) is 16.6 Å². The van der Waals surface area contributed by atoms with Crippen LogP contribution in [0.1, 0.15) is 0 Å². The van der Waals surface area contributed by atoms with E-state index in [1.54, 1.807) is 17.1 Å². The van der Waals surface area contributed by atoms with E-state index in [9.17, 15) is 0 Å².